The molecule has 26 heavy (non-hydrogen) atoms. The summed E-state index contributed by atoms with van der Waals surface area (Å²) in [5.41, 5.74) is 0. The minimum Gasteiger partial charge on any atom is -0.341 e. The molecule has 1 aromatic carbocycles. The number of thioether (sulfide) groups is 1. The highest BCUT2D eigenvalue weighted by atomic mass is 32.2. The van der Waals surface area contributed by atoms with Crippen LogP contribution in [0.3, 0.4) is 0 Å². The summed E-state index contributed by atoms with van der Waals surface area (Å²) in [7, 11) is 0. The Bertz CT molecular complexity index is 746. The van der Waals surface area contributed by atoms with Gasteiger partial charge in [0.05, 0.1) is 5.75 Å². The molecular formula is C20H26N4OS. The first-order chi connectivity index (χ1) is 12.8. The predicted octanol–water partition coefficient (Wildman–Crippen LogP) is 3.50. The van der Waals surface area contributed by atoms with E-state index in [4.69, 9.17) is 0 Å². The predicted molar refractivity (Wildman–Crippen MR) is 103 cm³/mol. The third-order valence-corrected chi connectivity index (χ3v) is 6.38. The minimum atomic E-state index is 0.235. The number of carbonyl (C=O) groups is 1. The van der Waals surface area contributed by atoms with Crippen LogP contribution >= 0.6 is 11.8 Å². The smallest absolute Gasteiger partial charge is 0.232 e. The Kier molecular flexibility index (Phi) is 5.58. The Labute approximate surface area is 159 Å². The number of nitrogens with zero attached hydrogens (tertiary/aromatic N) is 4. The molecule has 4 rings (SSSR count). The van der Waals surface area contributed by atoms with E-state index in [2.05, 4.69) is 26.9 Å². The van der Waals surface area contributed by atoms with Crippen molar-refractivity contribution in [3.63, 3.8) is 0 Å². The molecule has 1 aromatic heterocycles. The van der Waals surface area contributed by atoms with E-state index >= 15 is 0 Å². The first-order valence-corrected chi connectivity index (χ1v) is 10.7. The number of piperidine rings is 1. The number of rotatable bonds is 4. The number of fused-ring (bicyclic) bond motifs is 1. The average molecular weight is 371 g/mol. The van der Waals surface area contributed by atoms with Gasteiger partial charge in [-0.15, -0.1) is 22.0 Å². The molecule has 0 radical (unpaired) electrons. The van der Waals surface area contributed by atoms with Crippen LogP contribution < -0.4 is 0 Å². The normalized spacial score (nSPS) is 20.5. The number of benzene rings is 1. The number of carbonyl (C=O) groups excluding carboxylic acids is 1. The maximum Gasteiger partial charge on any atom is 0.232 e. The van der Waals surface area contributed by atoms with Crippen LogP contribution in [0.1, 0.15) is 49.7 Å². The number of aromatic nitrogens is 3. The lowest BCUT2D eigenvalue weighted by Crippen LogP contribution is -2.40. The van der Waals surface area contributed by atoms with E-state index in [1.165, 1.54) is 19.3 Å². The second kappa shape index (κ2) is 8.25. The van der Waals surface area contributed by atoms with E-state index < -0.39 is 0 Å². The first-order valence-electron chi connectivity index (χ1n) is 9.69. The fourth-order valence-corrected chi connectivity index (χ4v) is 4.80. The van der Waals surface area contributed by atoms with Crippen molar-refractivity contribution in [2.24, 2.45) is 0 Å². The Balaban J connectivity index is 1.40. The summed E-state index contributed by atoms with van der Waals surface area (Å²) in [6.07, 6.45) is 6.89. The van der Waals surface area contributed by atoms with Crippen molar-refractivity contribution in [1.82, 2.24) is 19.7 Å². The van der Waals surface area contributed by atoms with Gasteiger partial charge in [0.1, 0.15) is 11.6 Å². The SMILES string of the molecule is O=C(CSc1ccccc1)N1CCCC(c2nnc3n2CCCCC3)C1. The summed E-state index contributed by atoms with van der Waals surface area (Å²) in [4.78, 5) is 15.9. The lowest BCUT2D eigenvalue weighted by molar-refractivity contribution is -0.129. The van der Waals surface area contributed by atoms with Crippen LogP contribution in [0.15, 0.2) is 35.2 Å². The van der Waals surface area contributed by atoms with Crippen LogP contribution in [0.5, 0.6) is 0 Å². The van der Waals surface area contributed by atoms with Crippen LogP contribution in [0.4, 0.5) is 0 Å². The van der Waals surface area contributed by atoms with Crippen molar-refractivity contribution in [2.75, 3.05) is 18.8 Å². The van der Waals surface area contributed by atoms with Crippen LogP contribution in [-0.2, 0) is 17.8 Å². The highest BCUT2D eigenvalue weighted by molar-refractivity contribution is 8.00. The quantitative estimate of drug-likeness (QED) is 0.773. The van der Waals surface area contributed by atoms with Crippen molar-refractivity contribution >= 4 is 17.7 Å². The second-order valence-corrected chi connectivity index (χ2v) is 8.27. The Hall–Kier alpha value is -1.82. The van der Waals surface area contributed by atoms with E-state index in [1.54, 1.807) is 11.8 Å². The highest BCUT2D eigenvalue weighted by Crippen LogP contribution is 2.28. The van der Waals surface area contributed by atoms with Gasteiger partial charge in [-0.25, -0.2) is 0 Å². The van der Waals surface area contributed by atoms with Crippen molar-refractivity contribution in [2.45, 2.75) is 55.9 Å². The topological polar surface area (TPSA) is 51.0 Å². The number of likely N-dealkylation sites (tertiary alicyclic amines) is 1. The van der Waals surface area contributed by atoms with E-state index in [0.717, 1.165) is 55.4 Å². The fraction of sp³-hybridized carbons (Fsp3) is 0.550. The summed E-state index contributed by atoms with van der Waals surface area (Å²) in [5.74, 6) is 3.32. The van der Waals surface area contributed by atoms with E-state index in [1.807, 2.05) is 23.1 Å². The molecular weight excluding hydrogens is 344 g/mol. The van der Waals surface area contributed by atoms with Gasteiger partial charge in [-0.1, -0.05) is 24.6 Å². The third-order valence-electron chi connectivity index (χ3n) is 5.38. The van der Waals surface area contributed by atoms with E-state index in [0.29, 0.717) is 11.7 Å². The molecule has 1 amide bonds. The first kappa shape index (κ1) is 17.6. The molecule has 1 fully saturated rings. The van der Waals surface area contributed by atoms with Crippen molar-refractivity contribution in [1.29, 1.82) is 0 Å². The zero-order chi connectivity index (χ0) is 17.8. The largest absolute Gasteiger partial charge is 0.341 e. The maximum absolute atomic E-state index is 12.7. The number of amides is 1. The van der Waals surface area contributed by atoms with Crippen LogP contribution in [0.2, 0.25) is 0 Å². The van der Waals surface area contributed by atoms with Crippen LogP contribution in [0.25, 0.3) is 0 Å². The van der Waals surface area contributed by atoms with Gasteiger partial charge in [-0.2, -0.15) is 0 Å². The zero-order valence-electron chi connectivity index (χ0n) is 15.1. The number of hydrogen-bond donors (Lipinski definition) is 0. The molecule has 6 heteroatoms. The molecule has 1 atom stereocenters. The van der Waals surface area contributed by atoms with Crippen LogP contribution in [-0.4, -0.2) is 44.4 Å². The van der Waals surface area contributed by atoms with Gasteiger partial charge in [0, 0.05) is 36.9 Å². The van der Waals surface area contributed by atoms with Gasteiger partial charge in [0.15, 0.2) is 0 Å². The Morgan fingerprint density at radius 1 is 1.08 bits per heavy atom. The van der Waals surface area contributed by atoms with Crippen molar-refractivity contribution < 1.29 is 4.79 Å². The molecule has 1 saturated heterocycles. The third kappa shape index (κ3) is 3.95. The summed E-state index contributed by atoms with van der Waals surface area (Å²) in [6, 6.07) is 10.1. The molecule has 2 aliphatic heterocycles. The van der Waals surface area contributed by atoms with E-state index in [-0.39, 0.29) is 5.91 Å². The van der Waals surface area contributed by atoms with Gasteiger partial charge in [-0.3, -0.25) is 4.79 Å². The molecule has 0 saturated carbocycles. The van der Waals surface area contributed by atoms with Crippen molar-refractivity contribution in [3.05, 3.63) is 42.0 Å². The molecule has 0 bridgehead atoms. The summed E-state index contributed by atoms with van der Waals surface area (Å²) in [5, 5.41) is 8.96. The Morgan fingerprint density at radius 2 is 1.96 bits per heavy atom. The molecule has 0 spiro atoms. The molecule has 2 aromatic rings. The average Bonchev–Trinajstić information content (AvgIpc) is 2.95. The molecule has 0 N–H and O–H groups in total. The summed E-state index contributed by atoms with van der Waals surface area (Å²) >= 11 is 1.62. The second-order valence-electron chi connectivity index (χ2n) is 7.22. The molecule has 1 unspecified atom stereocenters. The lowest BCUT2D eigenvalue weighted by Gasteiger charge is -2.32. The van der Waals surface area contributed by atoms with Gasteiger partial charge >= 0.3 is 0 Å². The zero-order valence-corrected chi connectivity index (χ0v) is 16.0. The van der Waals surface area contributed by atoms with Gasteiger partial charge in [-0.05, 0) is 37.8 Å². The number of hydrogen-bond acceptors (Lipinski definition) is 4. The van der Waals surface area contributed by atoms with Crippen molar-refractivity contribution in [3.8, 4) is 0 Å². The lowest BCUT2D eigenvalue weighted by atomic mass is 9.97. The maximum atomic E-state index is 12.7. The van der Waals surface area contributed by atoms with Crippen LogP contribution in [0, 0.1) is 0 Å². The molecule has 5 nitrogen and oxygen atoms in total. The highest BCUT2D eigenvalue weighted by Gasteiger charge is 2.29. The summed E-state index contributed by atoms with van der Waals surface area (Å²) in [6.45, 7) is 2.68. The van der Waals surface area contributed by atoms with Gasteiger partial charge in [0.2, 0.25) is 5.91 Å². The molecule has 138 valence electrons. The Morgan fingerprint density at radius 3 is 2.85 bits per heavy atom. The fourth-order valence-electron chi connectivity index (χ4n) is 3.98. The van der Waals surface area contributed by atoms with Gasteiger partial charge in [0.25, 0.3) is 0 Å². The standard InChI is InChI=1S/C20H26N4OS/c25-19(15-26-17-9-3-1-4-10-17)23-12-7-8-16(14-23)20-22-21-18-11-5-2-6-13-24(18)20/h1,3-4,9-10,16H,2,5-8,11-15H2. The van der Waals surface area contributed by atoms with E-state index in [9.17, 15) is 4.79 Å². The summed E-state index contributed by atoms with van der Waals surface area (Å²) < 4.78 is 2.34. The monoisotopic (exact) mass is 370 g/mol. The number of aryl methyl sites for hydroxylation is 1. The molecule has 2 aliphatic rings. The molecule has 3 heterocycles. The minimum absolute atomic E-state index is 0.235. The van der Waals surface area contributed by atoms with Gasteiger partial charge < -0.3 is 9.47 Å². The molecule has 0 aliphatic carbocycles.